The highest BCUT2D eigenvalue weighted by Crippen LogP contribution is 2.29. The van der Waals surface area contributed by atoms with Crippen molar-refractivity contribution in [1.82, 2.24) is 10.3 Å². The largest absolute Gasteiger partial charge is 0.353 e. The molecule has 1 saturated carbocycles. The van der Waals surface area contributed by atoms with Crippen molar-refractivity contribution in [2.24, 2.45) is 5.92 Å². The van der Waals surface area contributed by atoms with Crippen LogP contribution in [0.1, 0.15) is 45.1 Å². The van der Waals surface area contributed by atoms with E-state index in [1.165, 1.54) is 31.9 Å². The molecule has 110 valence electrons. The Morgan fingerprint density at radius 3 is 2.85 bits per heavy atom. The summed E-state index contributed by atoms with van der Waals surface area (Å²) in [5.41, 5.74) is 0.998. The van der Waals surface area contributed by atoms with Crippen LogP contribution in [0, 0.1) is 11.7 Å². The first kappa shape index (κ1) is 13.8. The lowest BCUT2D eigenvalue weighted by atomic mass is 9.94. The Labute approximate surface area is 120 Å². The predicted octanol–water partition coefficient (Wildman–Crippen LogP) is 3.10. The number of nitrogens with one attached hydrogen (secondary N) is 1. The molecule has 0 aromatic carbocycles. The Kier molecular flexibility index (Phi) is 3.92. The molecule has 0 radical (unpaired) electrons. The van der Waals surface area contributed by atoms with Gasteiger partial charge in [0.05, 0.1) is 6.20 Å². The summed E-state index contributed by atoms with van der Waals surface area (Å²) in [4.78, 5) is 6.75. The molecule has 1 aromatic heterocycles. The van der Waals surface area contributed by atoms with Crippen molar-refractivity contribution in [3.05, 3.63) is 23.6 Å². The molecule has 20 heavy (non-hydrogen) atoms. The number of nitrogens with zero attached hydrogens (tertiary/aromatic N) is 2. The van der Waals surface area contributed by atoms with E-state index in [2.05, 4.69) is 29.0 Å². The van der Waals surface area contributed by atoms with E-state index in [9.17, 15) is 4.39 Å². The standard InChI is InChI=1S/C16H24FN3/c1-11-3-4-12(2)20(10-11)16-13(7-14(17)9-19-16)8-18-15-5-6-15/h7,9,11-12,15,18H,3-6,8,10H2,1-2H3. The molecule has 1 aliphatic carbocycles. The highest BCUT2D eigenvalue weighted by atomic mass is 19.1. The summed E-state index contributed by atoms with van der Waals surface area (Å²) in [5, 5.41) is 3.47. The normalized spacial score (nSPS) is 26.9. The van der Waals surface area contributed by atoms with Gasteiger partial charge in [0.2, 0.25) is 0 Å². The molecule has 0 spiro atoms. The fourth-order valence-electron chi connectivity index (χ4n) is 2.99. The number of hydrogen-bond acceptors (Lipinski definition) is 3. The van der Waals surface area contributed by atoms with Gasteiger partial charge in [0.15, 0.2) is 0 Å². The maximum Gasteiger partial charge on any atom is 0.141 e. The van der Waals surface area contributed by atoms with Crippen LogP contribution in [-0.2, 0) is 6.54 Å². The first-order valence-corrected chi connectivity index (χ1v) is 7.78. The fourth-order valence-corrected chi connectivity index (χ4v) is 2.99. The molecule has 2 atom stereocenters. The second kappa shape index (κ2) is 5.68. The van der Waals surface area contributed by atoms with Crippen LogP contribution in [0.25, 0.3) is 0 Å². The van der Waals surface area contributed by atoms with E-state index in [4.69, 9.17) is 0 Å². The van der Waals surface area contributed by atoms with Crippen molar-refractivity contribution in [1.29, 1.82) is 0 Å². The van der Waals surface area contributed by atoms with Crippen LogP contribution in [0.4, 0.5) is 10.2 Å². The van der Waals surface area contributed by atoms with Gasteiger partial charge in [-0.2, -0.15) is 0 Å². The molecule has 1 aliphatic heterocycles. The van der Waals surface area contributed by atoms with Crippen LogP contribution in [0.15, 0.2) is 12.3 Å². The van der Waals surface area contributed by atoms with Crippen molar-refractivity contribution < 1.29 is 4.39 Å². The molecule has 3 nitrogen and oxygen atoms in total. The van der Waals surface area contributed by atoms with Crippen molar-refractivity contribution in [3.63, 3.8) is 0 Å². The van der Waals surface area contributed by atoms with Gasteiger partial charge >= 0.3 is 0 Å². The highest BCUT2D eigenvalue weighted by molar-refractivity contribution is 5.48. The first-order chi connectivity index (χ1) is 9.63. The van der Waals surface area contributed by atoms with E-state index in [1.54, 1.807) is 6.07 Å². The van der Waals surface area contributed by atoms with E-state index >= 15 is 0 Å². The van der Waals surface area contributed by atoms with Gasteiger partial charge < -0.3 is 10.2 Å². The van der Waals surface area contributed by atoms with E-state index in [0.29, 0.717) is 18.0 Å². The Morgan fingerprint density at radius 2 is 2.10 bits per heavy atom. The Morgan fingerprint density at radius 1 is 1.30 bits per heavy atom. The third-order valence-electron chi connectivity index (χ3n) is 4.46. The van der Waals surface area contributed by atoms with Crippen LogP contribution in [0.3, 0.4) is 0 Å². The van der Waals surface area contributed by atoms with Gasteiger partial charge in [-0.3, -0.25) is 0 Å². The maximum absolute atomic E-state index is 13.5. The lowest BCUT2D eigenvalue weighted by molar-refractivity contribution is 0.387. The van der Waals surface area contributed by atoms with Gasteiger partial charge in [0.25, 0.3) is 0 Å². The smallest absolute Gasteiger partial charge is 0.141 e. The molecular formula is C16H24FN3. The molecular weight excluding hydrogens is 253 g/mol. The zero-order valence-electron chi connectivity index (χ0n) is 12.4. The van der Waals surface area contributed by atoms with Crippen molar-refractivity contribution in [2.75, 3.05) is 11.4 Å². The van der Waals surface area contributed by atoms with Gasteiger partial charge in [-0.25, -0.2) is 9.37 Å². The lowest BCUT2D eigenvalue weighted by Gasteiger charge is -2.38. The summed E-state index contributed by atoms with van der Waals surface area (Å²) in [5.74, 6) is 1.42. The van der Waals surface area contributed by atoms with Crippen LogP contribution in [0.2, 0.25) is 0 Å². The summed E-state index contributed by atoms with van der Waals surface area (Å²) in [6.07, 6.45) is 6.30. The zero-order chi connectivity index (χ0) is 14.1. The second-order valence-corrected chi connectivity index (χ2v) is 6.48. The van der Waals surface area contributed by atoms with Gasteiger partial charge in [-0.1, -0.05) is 6.92 Å². The van der Waals surface area contributed by atoms with Gasteiger partial charge in [-0.15, -0.1) is 0 Å². The number of rotatable bonds is 4. The van der Waals surface area contributed by atoms with E-state index < -0.39 is 0 Å². The fraction of sp³-hybridized carbons (Fsp3) is 0.688. The molecule has 3 rings (SSSR count). The number of anilines is 1. The zero-order valence-corrected chi connectivity index (χ0v) is 12.4. The average Bonchev–Trinajstić information content (AvgIpc) is 3.24. The predicted molar refractivity (Wildman–Crippen MR) is 79.3 cm³/mol. The number of aromatic nitrogens is 1. The molecule has 2 aliphatic rings. The maximum atomic E-state index is 13.5. The third kappa shape index (κ3) is 3.11. The molecule has 2 heterocycles. The monoisotopic (exact) mass is 277 g/mol. The first-order valence-electron chi connectivity index (χ1n) is 7.78. The van der Waals surface area contributed by atoms with Crippen molar-refractivity contribution >= 4 is 5.82 Å². The number of halogens is 1. The summed E-state index contributed by atoms with van der Waals surface area (Å²) in [6, 6.07) is 2.76. The molecule has 1 aromatic rings. The van der Waals surface area contributed by atoms with E-state index in [0.717, 1.165) is 24.5 Å². The average molecular weight is 277 g/mol. The van der Waals surface area contributed by atoms with E-state index in [-0.39, 0.29) is 5.82 Å². The topological polar surface area (TPSA) is 28.2 Å². The summed E-state index contributed by atoms with van der Waals surface area (Å²) < 4.78 is 13.5. The molecule has 2 fully saturated rings. The van der Waals surface area contributed by atoms with Crippen LogP contribution >= 0.6 is 0 Å². The second-order valence-electron chi connectivity index (χ2n) is 6.48. The molecule has 4 heteroatoms. The van der Waals surface area contributed by atoms with E-state index in [1.807, 2.05) is 0 Å². The number of pyridine rings is 1. The Hall–Kier alpha value is -1.16. The van der Waals surface area contributed by atoms with Crippen molar-refractivity contribution in [2.45, 2.75) is 58.2 Å². The Bertz CT molecular complexity index is 473. The highest BCUT2D eigenvalue weighted by Gasteiger charge is 2.27. The lowest BCUT2D eigenvalue weighted by Crippen LogP contribution is -2.42. The minimum atomic E-state index is -0.237. The number of hydrogen-bond donors (Lipinski definition) is 1. The quantitative estimate of drug-likeness (QED) is 0.916. The van der Waals surface area contributed by atoms with Crippen molar-refractivity contribution in [3.8, 4) is 0 Å². The molecule has 1 saturated heterocycles. The minimum Gasteiger partial charge on any atom is -0.353 e. The van der Waals surface area contributed by atoms with Gasteiger partial charge in [0.1, 0.15) is 11.6 Å². The van der Waals surface area contributed by atoms with Gasteiger partial charge in [-0.05, 0) is 44.6 Å². The van der Waals surface area contributed by atoms with Crippen LogP contribution in [-0.4, -0.2) is 23.6 Å². The summed E-state index contributed by atoms with van der Waals surface area (Å²) in [6.45, 7) is 6.28. The molecule has 1 N–H and O–H groups in total. The van der Waals surface area contributed by atoms with Gasteiger partial charge in [0, 0.05) is 30.7 Å². The van der Waals surface area contributed by atoms with Crippen LogP contribution in [0.5, 0.6) is 0 Å². The third-order valence-corrected chi connectivity index (χ3v) is 4.46. The number of piperidine rings is 1. The summed E-state index contributed by atoms with van der Waals surface area (Å²) in [7, 11) is 0. The minimum absolute atomic E-state index is 0.237. The molecule has 0 bridgehead atoms. The SMILES string of the molecule is CC1CCC(C)N(c2ncc(F)cc2CNC2CC2)C1. The molecule has 2 unspecified atom stereocenters. The summed E-state index contributed by atoms with van der Waals surface area (Å²) >= 11 is 0. The Balaban J connectivity index is 1.82. The molecule has 0 amide bonds. The van der Waals surface area contributed by atoms with Crippen LogP contribution < -0.4 is 10.2 Å².